The van der Waals surface area contributed by atoms with E-state index in [0.29, 0.717) is 12.5 Å². The van der Waals surface area contributed by atoms with Crippen molar-refractivity contribution in [3.63, 3.8) is 0 Å². The molecule has 0 spiro atoms. The number of aromatic nitrogens is 2. The Bertz CT molecular complexity index is 470. The van der Waals surface area contributed by atoms with Crippen molar-refractivity contribution in [2.45, 2.75) is 13.2 Å². The number of halogens is 1. The van der Waals surface area contributed by atoms with Crippen LogP contribution < -0.4 is 5.32 Å². The maximum Gasteiger partial charge on any atom is 0.222 e. The van der Waals surface area contributed by atoms with E-state index in [1.807, 2.05) is 24.3 Å². The highest BCUT2D eigenvalue weighted by molar-refractivity contribution is 14.1. The van der Waals surface area contributed by atoms with E-state index in [0.717, 1.165) is 14.7 Å². The molecule has 0 fully saturated rings. The van der Waals surface area contributed by atoms with Crippen molar-refractivity contribution in [1.82, 2.24) is 9.97 Å². The molecule has 0 saturated heterocycles. The average Bonchev–Trinajstić information content (AvgIpc) is 2.39. The second-order valence-electron chi connectivity index (χ2n) is 3.55. The molecule has 0 aliphatic carbocycles. The molecule has 0 aliphatic rings. The first-order chi connectivity index (χ1) is 8.28. The Labute approximate surface area is 113 Å². The Morgan fingerprint density at radius 2 is 1.65 bits per heavy atom. The van der Waals surface area contributed by atoms with Gasteiger partial charge in [-0.25, -0.2) is 9.97 Å². The molecule has 0 atom stereocenters. The summed E-state index contributed by atoms with van der Waals surface area (Å²) in [5.41, 5.74) is 2.05. The molecule has 0 bridgehead atoms. The number of hydrogen-bond donors (Lipinski definition) is 2. The summed E-state index contributed by atoms with van der Waals surface area (Å²) in [4.78, 5) is 8.31. The summed E-state index contributed by atoms with van der Waals surface area (Å²) < 4.78 is 1.01. The number of anilines is 1. The van der Waals surface area contributed by atoms with Crippen molar-refractivity contribution in [2.75, 3.05) is 5.32 Å². The Morgan fingerprint density at radius 3 is 2.24 bits per heavy atom. The molecule has 4 nitrogen and oxygen atoms in total. The van der Waals surface area contributed by atoms with E-state index < -0.39 is 0 Å². The summed E-state index contributed by atoms with van der Waals surface area (Å²) in [6.45, 7) is 0.750. The van der Waals surface area contributed by atoms with Crippen LogP contribution in [0.5, 0.6) is 0 Å². The summed E-state index contributed by atoms with van der Waals surface area (Å²) in [7, 11) is 0. The number of hydrogen-bond acceptors (Lipinski definition) is 4. The van der Waals surface area contributed by atoms with Gasteiger partial charge in [0, 0.05) is 22.5 Å². The lowest BCUT2D eigenvalue weighted by Gasteiger charge is -2.05. The van der Waals surface area contributed by atoms with E-state index >= 15 is 0 Å². The molecule has 0 unspecified atom stereocenters. The van der Waals surface area contributed by atoms with Gasteiger partial charge in [0.25, 0.3) is 0 Å². The van der Waals surface area contributed by atoms with Gasteiger partial charge in [-0.1, -0.05) is 24.3 Å². The van der Waals surface area contributed by atoms with Gasteiger partial charge in [0.1, 0.15) is 0 Å². The number of nitrogens with one attached hydrogen (secondary N) is 1. The highest BCUT2D eigenvalue weighted by atomic mass is 127. The third-order valence-electron chi connectivity index (χ3n) is 2.28. The minimum absolute atomic E-state index is 0.0773. The van der Waals surface area contributed by atoms with Crippen LogP contribution in [0.3, 0.4) is 0 Å². The lowest BCUT2D eigenvalue weighted by molar-refractivity contribution is 0.282. The normalized spacial score (nSPS) is 10.2. The van der Waals surface area contributed by atoms with Gasteiger partial charge in [0.15, 0.2) is 0 Å². The van der Waals surface area contributed by atoms with Crippen molar-refractivity contribution < 1.29 is 5.11 Å². The van der Waals surface area contributed by atoms with E-state index in [-0.39, 0.29) is 6.61 Å². The highest BCUT2D eigenvalue weighted by Crippen LogP contribution is 2.07. The van der Waals surface area contributed by atoms with Crippen molar-refractivity contribution in [2.24, 2.45) is 0 Å². The molecule has 0 amide bonds. The average molecular weight is 341 g/mol. The van der Waals surface area contributed by atoms with Crippen molar-refractivity contribution in [1.29, 1.82) is 0 Å². The zero-order chi connectivity index (χ0) is 12.1. The molecule has 1 aromatic heterocycles. The largest absolute Gasteiger partial charge is 0.392 e. The lowest BCUT2D eigenvalue weighted by Crippen LogP contribution is -2.03. The van der Waals surface area contributed by atoms with Crippen molar-refractivity contribution in [3.05, 3.63) is 51.4 Å². The van der Waals surface area contributed by atoms with Crippen LogP contribution in [0.15, 0.2) is 36.7 Å². The molecule has 0 aliphatic heterocycles. The van der Waals surface area contributed by atoms with Gasteiger partial charge in [-0.15, -0.1) is 0 Å². The third-order valence-corrected chi connectivity index (χ3v) is 2.83. The van der Waals surface area contributed by atoms with Gasteiger partial charge in [0.05, 0.1) is 6.61 Å². The fourth-order valence-electron chi connectivity index (χ4n) is 1.35. The number of nitrogens with zero attached hydrogens (tertiary/aromatic N) is 2. The Balaban J connectivity index is 1.95. The van der Waals surface area contributed by atoms with Gasteiger partial charge < -0.3 is 10.4 Å². The number of benzene rings is 1. The van der Waals surface area contributed by atoms with E-state index in [1.54, 1.807) is 12.4 Å². The molecule has 1 aromatic carbocycles. The Kier molecular flexibility index (Phi) is 4.27. The van der Waals surface area contributed by atoms with Gasteiger partial charge in [-0.05, 0) is 33.7 Å². The van der Waals surface area contributed by atoms with Crippen LogP contribution in [0.1, 0.15) is 11.1 Å². The fraction of sp³-hybridized carbons (Fsp3) is 0.167. The summed E-state index contributed by atoms with van der Waals surface area (Å²) in [6, 6.07) is 7.77. The molecule has 17 heavy (non-hydrogen) atoms. The van der Waals surface area contributed by atoms with E-state index in [1.165, 1.54) is 0 Å². The van der Waals surface area contributed by atoms with Crippen LogP contribution in [0.25, 0.3) is 0 Å². The lowest BCUT2D eigenvalue weighted by atomic mass is 10.1. The van der Waals surface area contributed by atoms with Crippen LogP contribution in [0.4, 0.5) is 5.95 Å². The standard InChI is InChI=1S/C12H12IN3O/c13-11-6-15-12(16-7-11)14-5-9-1-3-10(8-17)4-2-9/h1-4,6-7,17H,5,8H2,(H,14,15,16). The van der Waals surface area contributed by atoms with Gasteiger partial charge >= 0.3 is 0 Å². The van der Waals surface area contributed by atoms with Crippen LogP contribution in [-0.2, 0) is 13.2 Å². The molecule has 88 valence electrons. The quantitative estimate of drug-likeness (QED) is 0.837. The first-order valence-electron chi connectivity index (χ1n) is 5.18. The van der Waals surface area contributed by atoms with Gasteiger partial charge in [0.2, 0.25) is 5.95 Å². The molecule has 0 saturated carbocycles. The summed E-state index contributed by atoms with van der Waals surface area (Å²) in [5, 5.41) is 12.1. The zero-order valence-electron chi connectivity index (χ0n) is 9.10. The topological polar surface area (TPSA) is 58.0 Å². The predicted octanol–water partition coefficient (Wildman–Crippen LogP) is 2.19. The summed E-state index contributed by atoms with van der Waals surface area (Å²) in [6.07, 6.45) is 3.54. The van der Waals surface area contributed by atoms with Gasteiger partial charge in [-0.2, -0.15) is 0 Å². The number of aliphatic hydroxyl groups is 1. The zero-order valence-corrected chi connectivity index (χ0v) is 11.3. The molecular weight excluding hydrogens is 329 g/mol. The second kappa shape index (κ2) is 5.92. The smallest absolute Gasteiger partial charge is 0.222 e. The number of rotatable bonds is 4. The van der Waals surface area contributed by atoms with Crippen molar-refractivity contribution >= 4 is 28.5 Å². The summed E-state index contributed by atoms with van der Waals surface area (Å²) in [5.74, 6) is 0.622. The molecule has 2 rings (SSSR count). The Morgan fingerprint density at radius 1 is 1.06 bits per heavy atom. The summed E-state index contributed by atoms with van der Waals surface area (Å²) >= 11 is 2.17. The second-order valence-corrected chi connectivity index (χ2v) is 4.80. The molecule has 1 heterocycles. The van der Waals surface area contributed by atoms with Crippen LogP contribution in [0, 0.1) is 3.57 Å². The molecule has 0 radical (unpaired) electrons. The molecule has 5 heteroatoms. The van der Waals surface area contributed by atoms with Crippen LogP contribution in [0.2, 0.25) is 0 Å². The van der Waals surface area contributed by atoms with E-state index in [9.17, 15) is 0 Å². The minimum atomic E-state index is 0.0773. The van der Waals surface area contributed by atoms with Gasteiger partial charge in [-0.3, -0.25) is 0 Å². The highest BCUT2D eigenvalue weighted by Gasteiger charge is 1.97. The maximum absolute atomic E-state index is 8.93. The molecular formula is C12H12IN3O. The third kappa shape index (κ3) is 3.64. The van der Waals surface area contributed by atoms with Crippen molar-refractivity contribution in [3.8, 4) is 0 Å². The van der Waals surface area contributed by atoms with E-state index in [2.05, 4.69) is 37.9 Å². The molecule has 2 N–H and O–H groups in total. The minimum Gasteiger partial charge on any atom is -0.392 e. The van der Waals surface area contributed by atoms with Crippen LogP contribution in [-0.4, -0.2) is 15.1 Å². The first kappa shape index (κ1) is 12.3. The van der Waals surface area contributed by atoms with E-state index in [4.69, 9.17) is 5.11 Å². The monoisotopic (exact) mass is 341 g/mol. The first-order valence-corrected chi connectivity index (χ1v) is 6.26. The maximum atomic E-state index is 8.93. The molecule has 2 aromatic rings. The van der Waals surface area contributed by atoms with Crippen LogP contribution >= 0.6 is 22.6 Å². The Hall–Kier alpha value is -1.21. The SMILES string of the molecule is OCc1ccc(CNc2ncc(I)cn2)cc1. The number of aliphatic hydroxyl groups excluding tert-OH is 1. The predicted molar refractivity (Wildman–Crippen MR) is 74.4 cm³/mol. The fourth-order valence-corrected chi connectivity index (χ4v) is 1.63.